The molecule has 0 N–H and O–H groups in total. The molecule has 0 amide bonds. The van der Waals surface area contributed by atoms with E-state index in [1.54, 1.807) is 25.7 Å². The van der Waals surface area contributed by atoms with E-state index in [0.717, 1.165) is 11.8 Å². The third-order valence-electron chi connectivity index (χ3n) is 5.47. The summed E-state index contributed by atoms with van der Waals surface area (Å²) in [6, 6.07) is 0. The van der Waals surface area contributed by atoms with E-state index < -0.39 is 0 Å². The average molecular weight is 248 g/mol. The molecule has 1 saturated carbocycles. The summed E-state index contributed by atoms with van der Waals surface area (Å²) in [5.41, 5.74) is 0. The Labute approximate surface area is 116 Å². The molecule has 1 heterocycles. The highest BCUT2D eigenvalue weighted by Crippen LogP contribution is 2.34. The van der Waals surface area contributed by atoms with Crippen LogP contribution in [-0.2, 0) is 0 Å². The van der Waals surface area contributed by atoms with Gasteiger partial charge in [0.25, 0.3) is 0 Å². The van der Waals surface area contributed by atoms with Crippen LogP contribution in [0.1, 0.15) is 83.5 Å². The summed E-state index contributed by atoms with van der Waals surface area (Å²) in [6.45, 7) is 0. The Kier molecular flexibility index (Phi) is 7.27. The molecule has 0 spiro atoms. The molecule has 0 aromatic heterocycles. The highest BCUT2D eigenvalue weighted by molar-refractivity contribution is 6.35. The summed E-state index contributed by atoms with van der Waals surface area (Å²) in [5, 5.41) is 0. The minimum Gasteiger partial charge on any atom is -0.0774 e. The van der Waals surface area contributed by atoms with Gasteiger partial charge in [-0.25, -0.2) is 0 Å². The second-order valence-corrected chi connectivity index (χ2v) is 6.92. The van der Waals surface area contributed by atoms with Gasteiger partial charge in [-0.05, 0) is 11.8 Å². The zero-order valence-electron chi connectivity index (χ0n) is 12.5. The second kappa shape index (κ2) is 9.05. The molecule has 18 heavy (non-hydrogen) atoms. The third kappa shape index (κ3) is 5.37. The Bertz CT molecular complexity index is 160. The van der Waals surface area contributed by atoms with Crippen molar-refractivity contribution in [2.45, 2.75) is 96.1 Å². The molecule has 1 aliphatic carbocycles. The lowest BCUT2D eigenvalue weighted by Crippen LogP contribution is -2.15. The van der Waals surface area contributed by atoms with Gasteiger partial charge in [0.1, 0.15) is 7.28 Å². The molecule has 1 saturated heterocycles. The summed E-state index contributed by atoms with van der Waals surface area (Å²) in [4.78, 5) is 0. The van der Waals surface area contributed by atoms with E-state index in [0.29, 0.717) is 0 Å². The first-order chi connectivity index (χ1) is 8.97. The van der Waals surface area contributed by atoms with Crippen LogP contribution in [0, 0.1) is 11.8 Å². The summed E-state index contributed by atoms with van der Waals surface area (Å²) in [7, 11) is 1.52. The molecule has 104 valence electrons. The van der Waals surface area contributed by atoms with Crippen LogP contribution in [0.4, 0.5) is 0 Å². The number of hydrogen-bond acceptors (Lipinski definition) is 0. The molecule has 1 aliphatic heterocycles. The Hall–Kier alpha value is 0.0649. The van der Waals surface area contributed by atoms with E-state index in [-0.39, 0.29) is 0 Å². The predicted molar refractivity (Wildman–Crippen MR) is 83.8 cm³/mol. The van der Waals surface area contributed by atoms with Gasteiger partial charge in [0.05, 0.1) is 0 Å². The molecule has 0 radical (unpaired) electrons. The van der Waals surface area contributed by atoms with Gasteiger partial charge in [0.2, 0.25) is 0 Å². The maximum Gasteiger partial charge on any atom is 0.120 e. The maximum absolute atomic E-state index is 1.56. The maximum atomic E-state index is 1.56. The topological polar surface area (TPSA) is 0 Å². The Morgan fingerprint density at radius 1 is 0.444 bits per heavy atom. The molecule has 0 aromatic rings. The van der Waals surface area contributed by atoms with E-state index in [1.807, 2.05) is 0 Å². The molecule has 1 heteroatoms. The van der Waals surface area contributed by atoms with E-state index in [2.05, 4.69) is 0 Å². The first kappa shape index (κ1) is 14.5. The first-order valence-corrected chi connectivity index (χ1v) is 8.97. The van der Waals surface area contributed by atoms with Crippen molar-refractivity contribution in [2.24, 2.45) is 11.8 Å². The number of hydrogen-bond donors (Lipinski definition) is 0. The van der Waals surface area contributed by atoms with Crippen LogP contribution in [0.3, 0.4) is 0 Å². The van der Waals surface area contributed by atoms with Gasteiger partial charge in [-0.1, -0.05) is 96.1 Å². The molecular formula is C17H33B. The fourth-order valence-electron chi connectivity index (χ4n) is 4.27. The fraction of sp³-hybridized carbons (Fsp3) is 1.00. The lowest BCUT2D eigenvalue weighted by atomic mass is 9.66. The summed E-state index contributed by atoms with van der Waals surface area (Å²) in [5.74, 6) is 2.20. The van der Waals surface area contributed by atoms with Gasteiger partial charge in [0.15, 0.2) is 0 Å². The van der Waals surface area contributed by atoms with E-state index in [9.17, 15) is 0 Å². The zero-order chi connectivity index (χ0) is 12.5. The van der Waals surface area contributed by atoms with Crippen molar-refractivity contribution in [3.05, 3.63) is 0 Å². The van der Waals surface area contributed by atoms with Crippen LogP contribution in [0.5, 0.6) is 0 Å². The monoisotopic (exact) mass is 248 g/mol. The van der Waals surface area contributed by atoms with Crippen LogP contribution in [0.15, 0.2) is 0 Å². The lowest BCUT2D eigenvalue weighted by Gasteiger charge is -2.27. The highest BCUT2D eigenvalue weighted by atomic mass is 14.3. The van der Waals surface area contributed by atoms with Gasteiger partial charge >= 0.3 is 0 Å². The van der Waals surface area contributed by atoms with Gasteiger partial charge in [-0.15, -0.1) is 0 Å². The van der Waals surface area contributed by atoms with Gasteiger partial charge < -0.3 is 0 Å². The van der Waals surface area contributed by atoms with Crippen molar-refractivity contribution in [1.82, 2.24) is 0 Å². The van der Waals surface area contributed by atoms with Crippen molar-refractivity contribution in [1.29, 1.82) is 0 Å². The minimum atomic E-state index is 1.10. The largest absolute Gasteiger partial charge is 0.120 e. The lowest BCUT2D eigenvalue weighted by molar-refractivity contribution is 0.256. The van der Waals surface area contributed by atoms with Crippen molar-refractivity contribution in [2.75, 3.05) is 0 Å². The Morgan fingerprint density at radius 3 is 1.61 bits per heavy atom. The minimum absolute atomic E-state index is 1.10. The standard InChI is InChI=1S/C17H33B/c1-2-4-7-11-16(10-6-3-1)17-12-8-5-9-14-18-15-13-17/h16-18H,1-15H2. The average Bonchev–Trinajstić information content (AvgIpc) is 2.61. The van der Waals surface area contributed by atoms with E-state index in [4.69, 9.17) is 0 Å². The van der Waals surface area contributed by atoms with Crippen LogP contribution in [-0.4, -0.2) is 7.28 Å². The van der Waals surface area contributed by atoms with Crippen LogP contribution in [0.2, 0.25) is 12.6 Å². The van der Waals surface area contributed by atoms with E-state index in [1.165, 1.54) is 77.7 Å². The van der Waals surface area contributed by atoms with Crippen molar-refractivity contribution >= 4 is 7.28 Å². The quantitative estimate of drug-likeness (QED) is 0.530. The molecule has 2 fully saturated rings. The van der Waals surface area contributed by atoms with Crippen LogP contribution < -0.4 is 0 Å². The molecular weight excluding hydrogens is 215 g/mol. The molecule has 0 bridgehead atoms. The Balaban J connectivity index is 1.83. The first-order valence-electron chi connectivity index (χ1n) is 8.97. The summed E-state index contributed by atoms with van der Waals surface area (Å²) in [6.07, 6.45) is 23.0. The zero-order valence-corrected chi connectivity index (χ0v) is 12.5. The molecule has 0 aromatic carbocycles. The van der Waals surface area contributed by atoms with E-state index >= 15 is 0 Å². The molecule has 1 unspecified atom stereocenters. The van der Waals surface area contributed by atoms with Crippen molar-refractivity contribution in [3.8, 4) is 0 Å². The third-order valence-corrected chi connectivity index (χ3v) is 5.47. The van der Waals surface area contributed by atoms with Crippen LogP contribution >= 0.6 is 0 Å². The number of rotatable bonds is 1. The predicted octanol–water partition coefficient (Wildman–Crippen LogP) is 5.59. The fourth-order valence-corrected chi connectivity index (χ4v) is 4.27. The normalized spacial score (nSPS) is 29.9. The molecule has 2 aliphatic rings. The second-order valence-electron chi connectivity index (χ2n) is 6.92. The Morgan fingerprint density at radius 2 is 0.944 bits per heavy atom. The smallest absolute Gasteiger partial charge is 0.0774 e. The van der Waals surface area contributed by atoms with Crippen molar-refractivity contribution in [3.63, 3.8) is 0 Å². The van der Waals surface area contributed by atoms with Gasteiger partial charge in [-0.3, -0.25) is 0 Å². The summed E-state index contributed by atoms with van der Waals surface area (Å²) >= 11 is 0. The van der Waals surface area contributed by atoms with Crippen LogP contribution in [0.25, 0.3) is 0 Å². The molecule has 1 atom stereocenters. The van der Waals surface area contributed by atoms with Crippen molar-refractivity contribution < 1.29 is 0 Å². The SMILES string of the molecule is B1CCCCCC(C2CCCCCCCC2)CC1. The molecule has 0 nitrogen and oxygen atoms in total. The highest BCUT2D eigenvalue weighted by Gasteiger charge is 2.21. The van der Waals surface area contributed by atoms with Gasteiger partial charge in [-0.2, -0.15) is 0 Å². The molecule has 2 rings (SSSR count). The van der Waals surface area contributed by atoms with Gasteiger partial charge in [0, 0.05) is 0 Å². The summed E-state index contributed by atoms with van der Waals surface area (Å²) < 4.78 is 0.